The summed E-state index contributed by atoms with van der Waals surface area (Å²) in [4.78, 5) is 21.4. The summed E-state index contributed by atoms with van der Waals surface area (Å²) >= 11 is 3.23. The van der Waals surface area contributed by atoms with Gasteiger partial charge in [-0.3, -0.25) is 4.79 Å². The molecule has 0 saturated heterocycles. The zero-order valence-corrected chi connectivity index (χ0v) is 15.0. The van der Waals surface area contributed by atoms with E-state index in [1.165, 1.54) is 0 Å². The van der Waals surface area contributed by atoms with Crippen molar-refractivity contribution >= 4 is 50.6 Å². The van der Waals surface area contributed by atoms with Crippen molar-refractivity contribution in [3.63, 3.8) is 0 Å². The number of pyridine rings is 1. The van der Waals surface area contributed by atoms with E-state index in [0.29, 0.717) is 17.9 Å². The summed E-state index contributed by atoms with van der Waals surface area (Å²) in [5, 5.41) is 2.90. The van der Waals surface area contributed by atoms with Gasteiger partial charge in [-0.05, 0) is 36.1 Å². The second kappa shape index (κ2) is 6.47. The molecule has 0 aliphatic heterocycles. The molecule has 4 rings (SSSR count). The van der Waals surface area contributed by atoms with E-state index in [9.17, 15) is 4.79 Å². The van der Waals surface area contributed by atoms with Crippen LogP contribution in [0.25, 0.3) is 15.9 Å². The molecule has 4 aromatic rings. The maximum absolute atomic E-state index is 12.5. The van der Waals surface area contributed by atoms with Gasteiger partial charge in [-0.2, -0.15) is 0 Å². The van der Waals surface area contributed by atoms with Gasteiger partial charge in [0.25, 0.3) is 5.91 Å². The highest BCUT2D eigenvalue weighted by Gasteiger charge is 2.12. The van der Waals surface area contributed by atoms with Crippen molar-refractivity contribution in [3.05, 3.63) is 54.0 Å². The van der Waals surface area contributed by atoms with Gasteiger partial charge in [-0.1, -0.05) is 17.8 Å². The number of carbonyl (C=O) groups is 1. The van der Waals surface area contributed by atoms with Gasteiger partial charge < -0.3 is 15.5 Å². The van der Waals surface area contributed by atoms with Crippen molar-refractivity contribution in [3.8, 4) is 0 Å². The van der Waals surface area contributed by atoms with Crippen LogP contribution in [0, 0.1) is 0 Å². The number of carbonyl (C=O) groups excluding carboxylic acids is 1. The first-order valence-electron chi connectivity index (χ1n) is 7.60. The Morgan fingerprint density at radius 2 is 2.16 bits per heavy atom. The van der Waals surface area contributed by atoms with E-state index < -0.39 is 0 Å². The molecule has 3 heterocycles. The zero-order valence-electron chi connectivity index (χ0n) is 13.4. The minimum Gasteiger partial charge on any atom is -0.326 e. The van der Waals surface area contributed by atoms with Crippen molar-refractivity contribution in [1.82, 2.24) is 14.4 Å². The van der Waals surface area contributed by atoms with Gasteiger partial charge in [0, 0.05) is 24.6 Å². The first-order valence-corrected chi connectivity index (χ1v) is 9.64. The molecule has 126 valence electrons. The van der Waals surface area contributed by atoms with Gasteiger partial charge in [0.15, 0.2) is 4.34 Å². The van der Waals surface area contributed by atoms with E-state index >= 15 is 0 Å². The molecule has 0 spiro atoms. The van der Waals surface area contributed by atoms with E-state index in [4.69, 9.17) is 5.73 Å². The van der Waals surface area contributed by atoms with Crippen LogP contribution in [0.3, 0.4) is 0 Å². The molecule has 3 N–H and O–H groups in total. The number of benzene rings is 1. The second-order valence-corrected chi connectivity index (χ2v) is 7.54. The van der Waals surface area contributed by atoms with Crippen molar-refractivity contribution in [2.75, 3.05) is 11.6 Å². The predicted molar refractivity (Wildman–Crippen MR) is 102 cm³/mol. The van der Waals surface area contributed by atoms with Crippen molar-refractivity contribution in [2.24, 2.45) is 5.73 Å². The van der Waals surface area contributed by atoms with Gasteiger partial charge in [-0.15, -0.1) is 11.3 Å². The molecule has 1 amide bonds. The molecule has 6 nitrogen and oxygen atoms in total. The highest BCUT2D eigenvalue weighted by Crippen LogP contribution is 2.30. The van der Waals surface area contributed by atoms with Crippen LogP contribution in [0.5, 0.6) is 0 Å². The summed E-state index contributed by atoms with van der Waals surface area (Å²) in [5.41, 5.74) is 9.38. The van der Waals surface area contributed by atoms with Crippen LogP contribution in [0.4, 0.5) is 5.69 Å². The molecular formula is C17H15N5OS2. The molecule has 0 aliphatic carbocycles. The second-order valence-electron chi connectivity index (χ2n) is 5.45. The number of nitrogens with two attached hydrogens (primary N) is 1. The smallest absolute Gasteiger partial charge is 0.275 e. The van der Waals surface area contributed by atoms with Crippen LogP contribution in [-0.2, 0) is 6.54 Å². The first kappa shape index (κ1) is 16.1. The summed E-state index contributed by atoms with van der Waals surface area (Å²) in [5.74, 6) is -0.244. The molecule has 1 aromatic carbocycles. The lowest BCUT2D eigenvalue weighted by atomic mass is 10.3. The molecule has 8 heteroatoms. The quantitative estimate of drug-likeness (QED) is 0.539. The summed E-state index contributed by atoms with van der Waals surface area (Å²) in [6.45, 7) is 0.447. The van der Waals surface area contributed by atoms with Crippen molar-refractivity contribution in [1.29, 1.82) is 0 Å². The number of nitrogens with zero attached hydrogens (tertiary/aromatic N) is 3. The third kappa shape index (κ3) is 3.11. The van der Waals surface area contributed by atoms with Gasteiger partial charge >= 0.3 is 0 Å². The maximum atomic E-state index is 12.5. The Morgan fingerprint density at radius 1 is 1.28 bits per heavy atom. The van der Waals surface area contributed by atoms with Crippen LogP contribution < -0.4 is 11.1 Å². The number of aromatic nitrogens is 3. The Hall–Kier alpha value is -2.42. The highest BCUT2D eigenvalue weighted by atomic mass is 32.2. The lowest BCUT2D eigenvalue weighted by molar-refractivity contribution is 0.102. The number of amides is 1. The number of hydrogen-bond acceptors (Lipinski definition) is 6. The summed E-state index contributed by atoms with van der Waals surface area (Å²) in [7, 11) is 0. The highest BCUT2D eigenvalue weighted by molar-refractivity contribution is 8.00. The van der Waals surface area contributed by atoms with E-state index in [2.05, 4.69) is 15.3 Å². The first-order chi connectivity index (χ1) is 12.2. The van der Waals surface area contributed by atoms with Crippen LogP contribution in [0.15, 0.2) is 47.1 Å². The van der Waals surface area contributed by atoms with Crippen molar-refractivity contribution in [2.45, 2.75) is 10.9 Å². The number of fused-ring (bicyclic) bond motifs is 2. The molecule has 0 fully saturated rings. The van der Waals surface area contributed by atoms with Gasteiger partial charge in [0.1, 0.15) is 11.3 Å². The van der Waals surface area contributed by atoms with Crippen molar-refractivity contribution < 1.29 is 4.79 Å². The molecule has 0 saturated carbocycles. The normalized spacial score (nSPS) is 11.3. The molecule has 25 heavy (non-hydrogen) atoms. The number of anilines is 1. The number of thioether (sulfide) groups is 1. The van der Waals surface area contributed by atoms with Crippen LogP contribution in [0.2, 0.25) is 0 Å². The molecule has 3 aromatic heterocycles. The van der Waals surface area contributed by atoms with E-state index in [-0.39, 0.29) is 5.91 Å². The Morgan fingerprint density at radius 3 is 2.96 bits per heavy atom. The Balaban J connectivity index is 1.60. The van der Waals surface area contributed by atoms with E-state index in [1.807, 2.05) is 47.2 Å². The zero-order chi connectivity index (χ0) is 17.4. The van der Waals surface area contributed by atoms with E-state index in [0.717, 1.165) is 25.8 Å². The number of imidazole rings is 1. The topological polar surface area (TPSA) is 85.3 Å². The summed E-state index contributed by atoms with van der Waals surface area (Å²) in [6.07, 6.45) is 5.59. The molecule has 0 atom stereocenters. The number of thiazole rings is 1. The average molecular weight is 369 g/mol. The minimum atomic E-state index is -0.244. The molecule has 0 radical (unpaired) electrons. The molecule has 0 unspecified atom stereocenters. The maximum Gasteiger partial charge on any atom is 0.275 e. The van der Waals surface area contributed by atoms with Crippen LogP contribution >= 0.6 is 23.1 Å². The fourth-order valence-electron chi connectivity index (χ4n) is 2.53. The van der Waals surface area contributed by atoms with Gasteiger partial charge in [0.2, 0.25) is 0 Å². The predicted octanol–water partition coefficient (Wildman–Crippen LogP) is 3.38. The summed E-state index contributed by atoms with van der Waals surface area (Å²) < 4.78 is 3.87. The molecular weight excluding hydrogens is 354 g/mol. The van der Waals surface area contributed by atoms with Crippen LogP contribution in [0.1, 0.15) is 16.1 Å². The third-order valence-corrected chi connectivity index (χ3v) is 5.79. The Kier molecular flexibility index (Phi) is 4.16. The SMILES string of the molecule is CSc1nc2ccc(NC(=O)c3cn4cc(CN)ccc4n3)cc2s1. The standard InChI is InChI=1S/C17H15N5OS2/c1-24-17-21-12-4-3-11(6-14(12)25-17)19-16(23)13-9-22-8-10(7-18)2-5-15(22)20-13/h2-6,8-9H,7,18H2,1H3,(H,19,23). The number of nitrogens with one attached hydrogen (secondary N) is 1. The molecule has 0 aliphatic rings. The number of rotatable bonds is 4. The lowest BCUT2D eigenvalue weighted by Gasteiger charge is -2.02. The van der Waals surface area contributed by atoms with Gasteiger partial charge in [0.05, 0.1) is 10.2 Å². The van der Waals surface area contributed by atoms with Crippen LogP contribution in [-0.4, -0.2) is 26.5 Å². The van der Waals surface area contributed by atoms with Gasteiger partial charge in [-0.25, -0.2) is 9.97 Å². The summed E-state index contributed by atoms with van der Waals surface area (Å²) in [6, 6.07) is 9.47. The fourth-order valence-corrected chi connectivity index (χ4v) is 4.06. The number of hydrogen-bond donors (Lipinski definition) is 2. The van der Waals surface area contributed by atoms with E-state index in [1.54, 1.807) is 29.3 Å². The fraction of sp³-hybridized carbons (Fsp3) is 0.118. The molecule has 0 bridgehead atoms. The Labute approximate surface area is 152 Å². The third-order valence-electron chi connectivity index (χ3n) is 3.78. The monoisotopic (exact) mass is 369 g/mol. The minimum absolute atomic E-state index is 0.244. The Bertz CT molecular complexity index is 1090. The lowest BCUT2D eigenvalue weighted by Crippen LogP contribution is -2.12. The largest absolute Gasteiger partial charge is 0.326 e. The average Bonchev–Trinajstić information content (AvgIpc) is 3.24.